The number of rotatable bonds is 8. The molecular weight excluding hydrogens is 416 g/mol. The van der Waals surface area contributed by atoms with Crippen molar-refractivity contribution in [2.45, 2.75) is 13.3 Å². The number of aryl methyl sites for hydroxylation is 1. The Labute approximate surface area is 185 Å². The first-order valence-electron chi connectivity index (χ1n) is 9.53. The predicted molar refractivity (Wildman–Crippen MR) is 123 cm³/mol. The average Bonchev–Trinajstić information content (AvgIpc) is 3.17. The van der Waals surface area contributed by atoms with Gasteiger partial charge in [0.1, 0.15) is 28.0 Å². The summed E-state index contributed by atoms with van der Waals surface area (Å²) >= 11 is 5.33. The topological polar surface area (TPSA) is 101 Å². The number of hydrogen-bond acceptors (Lipinski definition) is 7. The van der Waals surface area contributed by atoms with Crippen LogP contribution in [-0.4, -0.2) is 42.1 Å². The molecule has 1 heterocycles. The van der Waals surface area contributed by atoms with Crippen LogP contribution in [0, 0.1) is 0 Å². The molecule has 2 aromatic carbocycles. The molecule has 0 fully saturated rings. The highest BCUT2D eigenvalue weighted by Gasteiger charge is 2.24. The Morgan fingerprint density at radius 2 is 1.90 bits per heavy atom. The van der Waals surface area contributed by atoms with Gasteiger partial charge in [-0.25, -0.2) is 9.48 Å². The fraction of sp³-hybridized carbons (Fsp3) is 0.227. The Bertz CT molecular complexity index is 1130. The lowest BCUT2D eigenvalue weighted by Crippen LogP contribution is -2.15. The first kappa shape index (κ1) is 22.1. The molecule has 0 spiro atoms. The van der Waals surface area contributed by atoms with Crippen molar-refractivity contribution in [3.05, 3.63) is 59.3 Å². The molecule has 0 saturated heterocycles. The SMILES string of the molecule is CCc1nn(-c2ccccc2OC)c(Nc2ccc(OC)cc2C(=O)OC)c1C(N)=S. The number of nitrogens with zero attached hydrogens (tertiary/aromatic N) is 2. The zero-order chi connectivity index (χ0) is 22.5. The number of methoxy groups -OCH3 is 3. The third-order valence-electron chi connectivity index (χ3n) is 4.74. The van der Waals surface area contributed by atoms with Crippen LogP contribution in [0.15, 0.2) is 42.5 Å². The molecule has 3 N–H and O–H groups in total. The summed E-state index contributed by atoms with van der Waals surface area (Å²) in [6.45, 7) is 1.97. The van der Waals surface area contributed by atoms with Gasteiger partial charge in [0.15, 0.2) is 0 Å². The Morgan fingerprint density at radius 1 is 1.16 bits per heavy atom. The van der Waals surface area contributed by atoms with E-state index in [4.69, 9.17) is 37.3 Å². The maximum absolute atomic E-state index is 12.4. The van der Waals surface area contributed by atoms with Crippen LogP contribution in [0.25, 0.3) is 5.69 Å². The molecule has 162 valence electrons. The number of hydrogen-bond donors (Lipinski definition) is 2. The third-order valence-corrected chi connectivity index (χ3v) is 4.94. The number of nitrogens with two attached hydrogens (primary N) is 1. The van der Waals surface area contributed by atoms with Crippen molar-refractivity contribution in [3.63, 3.8) is 0 Å². The number of thiocarbonyl (C=S) groups is 1. The Kier molecular flexibility index (Phi) is 6.76. The van der Waals surface area contributed by atoms with Gasteiger partial charge in [-0.1, -0.05) is 31.3 Å². The lowest BCUT2D eigenvalue weighted by Gasteiger charge is -2.16. The molecule has 0 unspecified atom stereocenters. The second-order valence-corrected chi connectivity index (χ2v) is 6.94. The lowest BCUT2D eigenvalue weighted by atomic mass is 10.1. The molecule has 0 aliphatic carbocycles. The van der Waals surface area contributed by atoms with Gasteiger partial charge in [0.05, 0.1) is 43.8 Å². The van der Waals surface area contributed by atoms with E-state index >= 15 is 0 Å². The van der Waals surface area contributed by atoms with Gasteiger partial charge in [-0.3, -0.25) is 0 Å². The minimum Gasteiger partial charge on any atom is -0.497 e. The quantitative estimate of drug-likeness (QED) is 0.405. The average molecular weight is 441 g/mol. The van der Waals surface area contributed by atoms with Gasteiger partial charge >= 0.3 is 5.97 Å². The second-order valence-electron chi connectivity index (χ2n) is 6.50. The molecule has 0 aliphatic rings. The number of para-hydroxylation sites is 2. The van der Waals surface area contributed by atoms with Crippen molar-refractivity contribution in [1.82, 2.24) is 9.78 Å². The van der Waals surface area contributed by atoms with E-state index in [9.17, 15) is 4.79 Å². The summed E-state index contributed by atoms with van der Waals surface area (Å²) in [5.74, 6) is 1.14. The van der Waals surface area contributed by atoms with Crippen molar-refractivity contribution < 1.29 is 19.0 Å². The molecular formula is C22H24N4O4S. The first-order valence-corrected chi connectivity index (χ1v) is 9.94. The number of carbonyl (C=O) groups is 1. The van der Waals surface area contributed by atoms with E-state index < -0.39 is 5.97 Å². The van der Waals surface area contributed by atoms with Crippen molar-refractivity contribution in [1.29, 1.82) is 0 Å². The normalized spacial score (nSPS) is 10.5. The van der Waals surface area contributed by atoms with Crippen LogP contribution < -0.4 is 20.5 Å². The summed E-state index contributed by atoms with van der Waals surface area (Å²) in [6.07, 6.45) is 0.607. The minimum atomic E-state index is -0.516. The highest BCUT2D eigenvalue weighted by atomic mass is 32.1. The highest BCUT2D eigenvalue weighted by Crippen LogP contribution is 2.33. The molecule has 0 radical (unpaired) electrons. The van der Waals surface area contributed by atoms with Gasteiger partial charge in [0.2, 0.25) is 0 Å². The van der Waals surface area contributed by atoms with E-state index in [1.807, 2.05) is 31.2 Å². The summed E-state index contributed by atoms with van der Waals surface area (Å²) in [7, 11) is 4.43. The molecule has 0 bridgehead atoms. The number of anilines is 2. The lowest BCUT2D eigenvalue weighted by molar-refractivity contribution is 0.0601. The van der Waals surface area contributed by atoms with Crippen LogP contribution in [0.4, 0.5) is 11.5 Å². The van der Waals surface area contributed by atoms with Gasteiger partial charge in [-0.2, -0.15) is 5.10 Å². The van der Waals surface area contributed by atoms with Crippen molar-refractivity contribution in [2.75, 3.05) is 26.6 Å². The number of esters is 1. The largest absolute Gasteiger partial charge is 0.497 e. The van der Waals surface area contributed by atoms with E-state index in [1.165, 1.54) is 14.2 Å². The predicted octanol–water partition coefficient (Wildman–Crippen LogP) is 3.62. The van der Waals surface area contributed by atoms with Gasteiger partial charge < -0.3 is 25.3 Å². The first-order chi connectivity index (χ1) is 14.9. The van der Waals surface area contributed by atoms with Crippen molar-refractivity contribution in [2.24, 2.45) is 5.73 Å². The van der Waals surface area contributed by atoms with E-state index in [-0.39, 0.29) is 4.99 Å². The molecule has 0 amide bonds. The minimum absolute atomic E-state index is 0.189. The highest BCUT2D eigenvalue weighted by molar-refractivity contribution is 7.80. The number of ether oxygens (including phenoxy) is 3. The van der Waals surface area contributed by atoms with Crippen molar-refractivity contribution >= 4 is 34.7 Å². The number of benzene rings is 2. The fourth-order valence-corrected chi connectivity index (χ4v) is 3.44. The summed E-state index contributed by atoms with van der Waals surface area (Å²) in [4.78, 5) is 12.6. The van der Waals surface area contributed by atoms with Gasteiger partial charge in [0, 0.05) is 0 Å². The van der Waals surface area contributed by atoms with Crippen molar-refractivity contribution in [3.8, 4) is 17.2 Å². The zero-order valence-electron chi connectivity index (χ0n) is 17.8. The smallest absolute Gasteiger partial charge is 0.340 e. The Hall–Kier alpha value is -3.59. The van der Waals surface area contributed by atoms with Crippen LogP contribution in [0.2, 0.25) is 0 Å². The molecule has 3 rings (SSSR count). The molecule has 1 aromatic heterocycles. The molecule has 0 aliphatic heterocycles. The maximum Gasteiger partial charge on any atom is 0.340 e. The number of aromatic nitrogens is 2. The monoisotopic (exact) mass is 440 g/mol. The Balaban J connectivity index is 2.25. The van der Waals surface area contributed by atoms with Gasteiger partial charge in [0.25, 0.3) is 0 Å². The maximum atomic E-state index is 12.4. The van der Waals surface area contributed by atoms with E-state index in [0.29, 0.717) is 51.9 Å². The summed E-state index contributed by atoms with van der Waals surface area (Å²) in [5.41, 5.74) is 8.86. The van der Waals surface area contributed by atoms with Gasteiger partial charge in [-0.15, -0.1) is 0 Å². The summed E-state index contributed by atoms with van der Waals surface area (Å²) in [6, 6.07) is 12.5. The van der Waals surface area contributed by atoms with Gasteiger partial charge in [-0.05, 0) is 36.8 Å². The molecule has 0 atom stereocenters. The number of carbonyl (C=O) groups excluding carboxylic acids is 1. The fourth-order valence-electron chi connectivity index (χ4n) is 3.23. The van der Waals surface area contributed by atoms with E-state index in [2.05, 4.69) is 5.32 Å². The van der Waals surface area contributed by atoms with Crippen LogP contribution in [0.5, 0.6) is 11.5 Å². The standard InChI is InChI=1S/C22H24N4O4S/c1-5-15-19(20(23)31)21(26(25-15)17-8-6-7-9-18(17)29-3)24-16-11-10-13(28-2)12-14(16)22(27)30-4/h6-12,24H,5H2,1-4H3,(H2,23,31). The number of nitrogens with one attached hydrogen (secondary N) is 1. The summed E-state index contributed by atoms with van der Waals surface area (Å²) < 4.78 is 17.4. The van der Waals surface area contributed by atoms with Crippen LogP contribution in [-0.2, 0) is 11.2 Å². The Morgan fingerprint density at radius 3 is 2.52 bits per heavy atom. The second kappa shape index (κ2) is 9.48. The van der Waals surface area contributed by atoms with Crippen LogP contribution >= 0.6 is 12.2 Å². The molecule has 0 saturated carbocycles. The molecule has 9 heteroatoms. The third kappa shape index (κ3) is 4.31. The van der Waals surface area contributed by atoms with E-state index in [1.54, 1.807) is 30.0 Å². The van der Waals surface area contributed by atoms with Crippen LogP contribution in [0.3, 0.4) is 0 Å². The zero-order valence-corrected chi connectivity index (χ0v) is 18.6. The molecule has 3 aromatic rings. The van der Waals surface area contributed by atoms with E-state index in [0.717, 1.165) is 0 Å². The molecule has 31 heavy (non-hydrogen) atoms. The summed E-state index contributed by atoms with van der Waals surface area (Å²) in [5, 5.41) is 8.00. The molecule has 8 nitrogen and oxygen atoms in total. The van der Waals surface area contributed by atoms with Crippen LogP contribution in [0.1, 0.15) is 28.5 Å².